The molecule has 1 atom stereocenters. The fraction of sp³-hybridized carbons (Fsp3) is 0.273. The zero-order chi connectivity index (χ0) is 22.2. The lowest BCUT2D eigenvalue weighted by Gasteiger charge is -2.13. The normalized spacial score (nSPS) is 17.5. The van der Waals surface area contributed by atoms with Crippen LogP contribution in [0.25, 0.3) is 11.3 Å². The van der Waals surface area contributed by atoms with Crippen molar-refractivity contribution in [3.8, 4) is 17.0 Å². The van der Waals surface area contributed by atoms with Crippen LogP contribution in [0.1, 0.15) is 28.5 Å². The Morgan fingerprint density at radius 1 is 1.19 bits per heavy atom. The van der Waals surface area contributed by atoms with Gasteiger partial charge in [-0.3, -0.25) is 9.48 Å². The Morgan fingerprint density at radius 2 is 1.94 bits per heavy atom. The molecule has 1 amide bonds. The smallest absolute Gasteiger partial charge is 0.276 e. The molecule has 9 heteroatoms. The molecule has 1 aromatic heterocycles. The zero-order valence-electron chi connectivity index (χ0n) is 17.1. The van der Waals surface area contributed by atoms with Crippen LogP contribution in [0.3, 0.4) is 0 Å². The molecule has 0 bridgehead atoms. The SMILES string of the molecule is COc1ccc(NC(=O)c2cc(-c3ccc(C)cc3)n(C3CCS(=O)(=O)C3)n2)cc1Cl. The third-order valence-electron chi connectivity index (χ3n) is 5.28. The monoisotopic (exact) mass is 459 g/mol. The predicted molar refractivity (Wildman–Crippen MR) is 121 cm³/mol. The van der Waals surface area contributed by atoms with Gasteiger partial charge in [0.2, 0.25) is 0 Å². The lowest BCUT2D eigenvalue weighted by atomic mass is 10.1. The van der Waals surface area contributed by atoms with E-state index in [1.54, 1.807) is 28.9 Å². The van der Waals surface area contributed by atoms with Crippen LogP contribution in [0.5, 0.6) is 5.75 Å². The molecule has 1 saturated heterocycles. The Labute approximate surface area is 185 Å². The maximum Gasteiger partial charge on any atom is 0.276 e. The lowest BCUT2D eigenvalue weighted by Crippen LogP contribution is -2.16. The number of carbonyl (C=O) groups is 1. The zero-order valence-corrected chi connectivity index (χ0v) is 18.7. The molecule has 1 aliphatic rings. The summed E-state index contributed by atoms with van der Waals surface area (Å²) in [5.74, 6) is 0.238. The van der Waals surface area contributed by atoms with Crippen molar-refractivity contribution in [2.45, 2.75) is 19.4 Å². The Morgan fingerprint density at radius 3 is 2.55 bits per heavy atom. The number of aromatic nitrogens is 2. The molecule has 31 heavy (non-hydrogen) atoms. The number of aryl methyl sites for hydroxylation is 1. The summed E-state index contributed by atoms with van der Waals surface area (Å²) in [4.78, 5) is 12.9. The van der Waals surface area contributed by atoms with Crippen molar-refractivity contribution < 1.29 is 17.9 Å². The maximum atomic E-state index is 12.9. The van der Waals surface area contributed by atoms with Crippen LogP contribution in [0.4, 0.5) is 5.69 Å². The summed E-state index contributed by atoms with van der Waals surface area (Å²) < 4.78 is 30.9. The number of sulfone groups is 1. The van der Waals surface area contributed by atoms with E-state index in [9.17, 15) is 13.2 Å². The molecular formula is C22H22ClN3O4S. The van der Waals surface area contributed by atoms with Gasteiger partial charge in [0.1, 0.15) is 5.75 Å². The number of hydrogen-bond acceptors (Lipinski definition) is 5. The molecule has 2 heterocycles. The minimum absolute atomic E-state index is 0.0166. The molecule has 1 aliphatic heterocycles. The van der Waals surface area contributed by atoms with Crippen molar-refractivity contribution in [1.29, 1.82) is 0 Å². The molecule has 3 aromatic rings. The number of rotatable bonds is 5. The average Bonchev–Trinajstić information content (AvgIpc) is 3.32. The molecular weight excluding hydrogens is 438 g/mol. The number of ether oxygens (including phenoxy) is 1. The third-order valence-corrected chi connectivity index (χ3v) is 7.33. The van der Waals surface area contributed by atoms with Crippen molar-refractivity contribution >= 4 is 33.0 Å². The van der Waals surface area contributed by atoms with Gasteiger partial charge < -0.3 is 10.1 Å². The number of carbonyl (C=O) groups excluding carboxylic acids is 1. The largest absolute Gasteiger partial charge is 0.495 e. The summed E-state index contributed by atoms with van der Waals surface area (Å²) in [5.41, 5.74) is 3.39. The number of hydrogen-bond donors (Lipinski definition) is 1. The van der Waals surface area contributed by atoms with Gasteiger partial charge in [-0.15, -0.1) is 0 Å². The van der Waals surface area contributed by atoms with E-state index in [-0.39, 0.29) is 23.2 Å². The highest BCUT2D eigenvalue weighted by atomic mass is 35.5. The van der Waals surface area contributed by atoms with E-state index in [2.05, 4.69) is 10.4 Å². The molecule has 0 saturated carbocycles. The summed E-state index contributed by atoms with van der Waals surface area (Å²) in [6.07, 6.45) is 0.470. The van der Waals surface area contributed by atoms with Crippen molar-refractivity contribution in [2.24, 2.45) is 0 Å². The van der Waals surface area contributed by atoms with E-state index in [1.165, 1.54) is 7.11 Å². The summed E-state index contributed by atoms with van der Waals surface area (Å²) in [6, 6.07) is 14.2. The highest BCUT2D eigenvalue weighted by Crippen LogP contribution is 2.31. The third kappa shape index (κ3) is 4.60. The molecule has 1 unspecified atom stereocenters. The van der Waals surface area contributed by atoms with Crippen molar-refractivity contribution in [2.75, 3.05) is 23.9 Å². The Hall–Kier alpha value is -2.84. The lowest BCUT2D eigenvalue weighted by molar-refractivity contribution is 0.102. The first-order chi connectivity index (χ1) is 14.8. The molecule has 0 spiro atoms. The number of amides is 1. The molecule has 0 radical (unpaired) electrons. The Bertz CT molecular complexity index is 1240. The molecule has 7 nitrogen and oxygen atoms in total. The first kappa shape index (κ1) is 21.4. The second kappa shape index (κ2) is 8.36. The number of anilines is 1. The second-order valence-corrected chi connectivity index (χ2v) is 10.2. The fourth-order valence-corrected chi connectivity index (χ4v) is 5.58. The molecule has 1 fully saturated rings. The Kier molecular flexibility index (Phi) is 5.77. The number of methoxy groups -OCH3 is 1. The minimum Gasteiger partial charge on any atom is -0.495 e. The molecule has 1 N–H and O–H groups in total. The van der Waals surface area contributed by atoms with Gasteiger partial charge in [0.25, 0.3) is 5.91 Å². The first-order valence-electron chi connectivity index (χ1n) is 9.77. The molecule has 4 rings (SSSR count). The summed E-state index contributed by atoms with van der Waals surface area (Å²) >= 11 is 6.14. The van der Waals surface area contributed by atoms with Crippen molar-refractivity contribution in [1.82, 2.24) is 9.78 Å². The topological polar surface area (TPSA) is 90.3 Å². The van der Waals surface area contributed by atoms with Crippen LogP contribution in [-0.4, -0.2) is 42.7 Å². The number of benzene rings is 2. The highest BCUT2D eigenvalue weighted by Gasteiger charge is 2.32. The molecule has 162 valence electrons. The first-order valence-corrected chi connectivity index (χ1v) is 12.0. The van der Waals surface area contributed by atoms with Gasteiger partial charge in [-0.25, -0.2) is 8.42 Å². The van der Waals surface area contributed by atoms with E-state index in [1.807, 2.05) is 31.2 Å². The number of nitrogens with one attached hydrogen (secondary N) is 1. The van der Waals surface area contributed by atoms with Gasteiger partial charge in [0.05, 0.1) is 35.4 Å². The average molecular weight is 460 g/mol. The maximum absolute atomic E-state index is 12.9. The van der Waals surface area contributed by atoms with Gasteiger partial charge in [0, 0.05) is 5.69 Å². The summed E-state index contributed by atoms with van der Waals surface area (Å²) in [7, 11) is -1.59. The van der Waals surface area contributed by atoms with Gasteiger partial charge in [-0.2, -0.15) is 5.10 Å². The van der Waals surface area contributed by atoms with E-state index >= 15 is 0 Å². The van der Waals surface area contributed by atoms with Crippen molar-refractivity contribution in [3.63, 3.8) is 0 Å². The van der Waals surface area contributed by atoms with Gasteiger partial charge in [0.15, 0.2) is 15.5 Å². The minimum atomic E-state index is -3.11. The van der Waals surface area contributed by atoms with Gasteiger partial charge in [-0.05, 0) is 43.2 Å². The van der Waals surface area contributed by atoms with Crippen LogP contribution in [0.15, 0.2) is 48.5 Å². The summed E-state index contributed by atoms with van der Waals surface area (Å²) in [5, 5.41) is 7.65. The van der Waals surface area contributed by atoms with Crippen LogP contribution < -0.4 is 10.1 Å². The predicted octanol–water partition coefficient (Wildman–Crippen LogP) is 4.13. The van der Waals surface area contributed by atoms with Gasteiger partial charge >= 0.3 is 0 Å². The van der Waals surface area contributed by atoms with E-state index in [4.69, 9.17) is 16.3 Å². The van der Waals surface area contributed by atoms with E-state index in [0.29, 0.717) is 28.6 Å². The second-order valence-electron chi connectivity index (χ2n) is 7.59. The van der Waals surface area contributed by atoms with Crippen LogP contribution in [0, 0.1) is 6.92 Å². The summed E-state index contributed by atoms with van der Waals surface area (Å²) in [6.45, 7) is 1.99. The van der Waals surface area contributed by atoms with E-state index < -0.39 is 15.7 Å². The fourth-order valence-electron chi connectivity index (χ4n) is 3.63. The number of halogens is 1. The number of nitrogens with zero attached hydrogens (tertiary/aromatic N) is 2. The molecule has 2 aromatic carbocycles. The van der Waals surface area contributed by atoms with E-state index in [0.717, 1.165) is 11.1 Å². The standard InChI is InChI=1S/C22H22ClN3O4S/c1-14-3-5-15(6-4-14)20-12-19(25-26(20)17-9-10-31(28,29)13-17)22(27)24-16-7-8-21(30-2)18(23)11-16/h3-8,11-12,17H,9-10,13H2,1-2H3,(H,24,27). The molecule has 0 aliphatic carbocycles. The van der Waals surface area contributed by atoms with Gasteiger partial charge in [-0.1, -0.05) is 41.4 Å². The highest BCUT2D eigenvalue weighted by molar-refractivity contribution is 7.91. The quantitative estimate of drug-likeness (QED) is 0.619. The van der Waals surface area contributed by atoms with Crippen LogP contribution in [0.2, 0.25) is 5.02 Å². The Balaban J connectivity index is 1.68. The van der Waals surface area contributed by atoms with Crippen molar-refractivity contribution in [3.05, 3.63) is 64.8 Å². The van der Waals surface area contributed by atoms with Crippen LogP contribution in [-0.2, 0) is 9.84 Å². The van der Waals surface area contributed by atoms with Crippen LogP contribution >= 0.6 is 11.6 Å².